The molecule has 2 atom stereocenters. The van der Waals surface area contributed by atoms with Gasteiger partial charge in [-0.15, -0.1) is 0 Å². The molecule has 0 aliphatic heterocycles. The minimum Gasteiger partial charge on any atom is -0.480 e. The molecule has 2 unspecified atom stereocenters. The van der Waals surface area contributed by atoms with Gasteiger partial charge in [0.15, 0.2) is 5.54 Å². The van der Waals surface area contributed by atoms with Gasteiger partial charge in [0.25, 0.3) is 0 Å². The van der Waals surface area contributed by atoms with Crippen molar-refractivity contribution in [3.05, 3.63) is 0 Å². The molecule has 0 bridgehead atoms. The molecule has 1 aliphatic rings. The molecule has 18 heavy (non-hydrogen) atoms. The van der Waals surface area contributed by atoms with Crippen molar-refractivity contribution in [3.63, 3.8) is 0 Å². The minimum atomic E-state index is -2.58. The van der Waals surface area contributed by atoms with Gasteiger partial charge in [-0.05, 0) is 31.7 Å². The fourth-order valence-electron chi connectivity index (χ4n) is 2.16. The summed E-state index contributed by atoms with van der Waals surface area (Å²) in [5, 5.41) is 12.2. The van der Waals surface area contributed by atoms with Crippen LogP contribution in [0.4, 0.5) is 0 Å². The fourth-order valence-corrected chi connectivity index (χ4v) is 3.08. The summed E-state index contributed by atoms with van der Waals surface area (Å²) in [5.41, 5.74) is 3.95. The van der Waals surface area contributed by atoms with Gasteiger partial charge in [-0.25, -0.2) is 4.79 Å². The van der Waals surface area contributed by atoms with Gasteiger partial charge in [0.05, 0.1) is 4.86 Å². The molecule has 0 radical (unpaired) electrons. The lowest BCUT2D eigenvalue weighted by molar-refractivity contribution is -0.140. The van der Waals surface area contributed by atoms with Crippen LogP contribution in [0.3, 0.4) is 0 Å². The Hall–Kier alpha value is -0.920. The van der Waals surface area contributed by atoms with Crippen LogP contribution in [0.5, 0.6) is 0 Å². The smallest absolute Gasteiger partial charge is 0.329 e. The summed E-state index contributed by atoms with van der Waals surface area (Å²) in [7, 11) is -2.58. The average molecular weight is 276 g/mol. The van der Waals surface area contributed by atoms with Crippen molar-refractivity contribution in [2.45, 2.75) is 44.7 Å². The van der Waals surface area contributed by atoms with Crippen LogP contribution in [0, 0.1) is 5.92 Å². The SMILES string of the molecule is CC(C)CCNC1CCC(N)(C(=O)O)C1=S(=O)=O. The molecule has 0 heterocycles. The molecule has 1 rings (SSSR count). The zero-order chi connectivity index (χ0) is 13.9. The summed E-state index contributed by atoms with van der Waals surface area (Å²) in [6, 6.07) is -0.455. The van der Waals surface area contributed by atoms with Crippen LogP contribution in [0.25, 0.3) is 0 Å². The third-order valence-corrected chi connectivity index (χ3v) is 4.27. The number of carbonyl (C=O) groups is 1. The van der Waals surface area contributed by atoms with Crippen LogP contribution in [-0.2, 0) is 15.1 Å². The first-order valence-corrected chi connectivity index (χ1v) is 7.08. The van der Waals surface area contributed by atoms with E-state index in [0.29, 0.717) is 18.9 Å². The highest BCUT2D eigenvalue weighted by atomic mass is 32.2. The Morgan fingerprint density at radius 2 is 2.22 bits per heavy atom. The monoisotopic (exact) mass is 276 g/mol. The number of hydrogen-bond donors (Lipinski definition) is 3. The summed E-state index contributed by atoms with van der Waals surface area (Å²) in [4.78, 5) is 11.0. The second kappa shape index (κ2) is 5.81. The second-order valence-corrected chi connectivity index (χ2v) is 6.01. The molecule has 0 spiro atoms. The Morgan fingerprint density at radius 3 is 2.67 bits per heavy atom. The number of carboxylic acid groups (broad SMARTS) is 1. The molecule has 104 valence electrons. The van der Waals surface area contributed by atoms with Crippen molar-refractivity contribution < 1.29 is 18.3 Å². The Bertz CT molecular complexity index is 450. The second-order valence-electron chi connectivity index (χ2n) is 5.10. The summed E-state index contributed by atoms with van der Waals surface area (Å²) < 4.78 is 22.4. The number of nitrogens with two attached hydrogens (primary N) is 1. The molecule has 1 aliphatic carbocycles. The topological polar surface area (TPSA) is 109 Å². The van der Waals surface area contributed by atoms with Crippen molar-refractivity contribution in [1.82, 2.24) is 5.32 Å². The maximum absolute atomic E-state index is 11.2. The Balaban J connectivity index is 2.85. The van der Waals surface area contributed by atoms with Gasteiger partial charge in [0.1, 0.15) is 0 Å². The first kappa shape index (κ1) is 15.1. The average Bonchev–Trinajstić information content (AvgIpc) is 2.56. The molecule has 0 aromatic carbocycles. The quantitative estimate of drug-likeness (QED) is 0.590. The highest BCUT2D eigenvalue weighted by Crippen LogP contribution is 2.25. The van der Waals surface area contributed by atoms with Crippen molar-refractivity contribution in [2.75, 3.05) is 6.54 Å². The molecule has 1 fully saturated rings. The number of hydrogen-bond acceptors (Lipinski definition) is 5. The predicted molar refractivity (Wildman–Crippen MR) is 69.0 cm³/mol. The largest absolute Gasteiger partial charge is 0.480 e. The number of carboxylic acids is 1. The zero-order valence-electron chi connectivity index (χ0n) is 10.6. The summed E-state index contributed by atoms with van der Waals surface area (Å²) in [5.74, 6) is -0.780. The van der Waals surface area contributed by atoms with Gasteiger partial charge < -0.3 is 16.2 Å². The van der Waals surface area contributed by atoms with Crippen LogP contribution in [0.1, 0.15) is 33.1 Å². The Labute approximate surface area is 108 Å². The van der Waals surface area contributed by atoms with E-state index in [1.54, 1.807) is 0 Å². The van der Waals surface area contributed by atoms with Gasteiger partial charge in [0, 0.05) is 6.04 Å². The standard InChI is InChI=1S/C11H20N2O4S/c1-7(2)4-6-13-8-3-5-11(12,10(14)15)9(8)18(16)17/h7-8,13H,3-6,12H2,1-2H3,(H,14,15). The molecule has 7 heteroatoms. The van der Waals surface area contributed by atoms with E-state index in [4.69, 9.17) is 10.8 Å². The molecule has 0 amide bonds. The number of rotatable bonds is 5. The van der Waals surface area contributed by atoms with Gasteiger partial charge in [-0.3, -0.25) is 0 Å². The van der Waals surface area contributed by atoms with E-state index in [2.05, 4.69) is 19.2 Å². The van der Waals surface area contributed by atoms with E-state index >= 15 is 0 Å². The lowest BCUT2D eigenvalue weighted by atomic mass is 9.99. The van der Waals surface area contributed by atoms with E-state index in [-0.39, 0.29) is 11.3 Å². The lowest BCUT2D eigenvalue weighted by Crippen LogP contribution is -2.55. The molecular formula is C11H20N2O4S. The van der Waals surface area contributed by atoms with Crippen LogP contribution in [-0.4, -0.2) is 42.5 Å². The van der Waals surface area contributed by atoms with Crippen molar-refractivity contribution in [1.29, 1.82) is 0 Å². The van der Waals surface area contributed by atoms with Gasteiger partial charge in [0.2, 0.25) is 10.3 Å². The third-order valence-electron chi connectivity index (χ3n) is 3.26. The van der Waals surface area contributed by atoms with E-state index in [9.17, 15) is 13.2 Å². The third kappa shape index (κ3) is 3.09. The highest BCUT2D eigenvalue weighted by Gasteiger charge is 2.49. The summed E-state index contributed by atoms with van der Waals surface area (Å²) in [6.07, 6.45) is 1.48. The maximum Gasteiger partial charge on any atom is 0.329 e. The number of aliphatic carboxylic acids is 1. The molecule has 4 N–H and O–H groups in total. The van der Waals surface area contributed by atoms with Crippen LogP contribution in [0.2, 0.25) is 0 Å². The summed E-state index contributed by atoms with van der Waals surface area (Å²) in [6.45, 7) is 4.78. The normalized spacial score (nSPS) is 27.8. The van der Waals surface area contributed by atoms with E-state index in [1.807, 2.05) is 0 Å². The van der Waals surface area contributed by atoms with Crippen LogP contribution in [0.15, 0.2) is 0 Å². The van der Waals surface area contributed by atoms with Crippen molar-refractivity contribution in [2.24, 2.45) is 11.7 Å². The van der Waals surface area contributed by atoms with E-state index in [0.717, 1.165) is 6.42 Å². The summed E-state index contributed by atoms with van der Waals surface area (Å²) >= 11 is 0. The first-order chi connectivity index (χ1) is 8.29. The lowest BCUT2D eigenvalue weighted by Gasteiger charge is -2.20. The maximum atomic E-state index is 11.2. The molecule has 0 aromatic heterocycles. The Kier molecular flexibility index (Phi) is 4.89. The van der Waals surface area contributed by atoms with Crippen LogP contribution < -0.4 is 11.1 Å². The number of nitrogens with one attached hydrogen (secondary N) is 1. The predicted octanol–water partition coefficient (Wildman–Crippen LogP) is -0.382. The molecule has 6 nitrogen and oxygen atoms in total. The fraction of sp³-hybridized carbons (Fsp3) is 0.818. The molecule has 0 aromatic rings. The van der Waals surface area contributed by atoms with Crippen molar-refractivity contribution in [3.8, 4) is 0 Å². The zero-order valence-corrected chi connectivity index (χ0v) is 11.5. The minimum absolute atomic E-state index is 0.126. The van der Waals surface area contributed by atoms with E-state index < -0.39 is 27.8 Å². The molecular weight excluding hydrogens is 256 g/mol. The van der Waals surface area contributed by atoms with E-state index in [1.165, 1.54) is 0 Å². The van der Waals surface area contributed by atoms with Crippen molar-refractivity contribution >= 4 is 21.1 Å². The highest BCUT2D eigenvalue weighted by molar-refractivity contribution is 7.73. The van der Waals surface area contributed by atoms with Gasteiger partial charge in [-0.2, -0.15) is 8.42 Å². The molecule has 1 saturated carbocycles. The van der Waals surface area contributed by atoms with Gasteiger partial charge >= 0.3 is 5.97 Å². The first-order valence-electron chi connectivity index (χ1n) is 6.01. The molecule has 0 saturated heterocycles. The Morgan fingerprint density at radius 1 is 1.61 bits per heavy atom. The van der Waals surface area contributed by atoms with Gasteiger partial charge in [-0.1, -0.05) is 13.8 Å². The van der Waals surface area contributed by atoms with Crippen LogP contribution >= 0.6 is 0 Å².